The Kier molecular flexibility index (Phi) is 5.56. The van der Waals surface area contributed by atoms with Crippen molar-refractivity contribution in [2.45, 2.75) is 6.10 Å². The molecule has 0 spiro atoms. The highest BCUT2D eigenvalue weighted by atomic mass is 35.5. The van der Waals surface area contributed by atoms with Crippen molar-refractivity contribution in [1.29, 1.82) is 0 Å². The normalized spacial score (nSPS) is 11.8. The molecule has 4 aromatic rings. The minimum Gasteiger partial charge on any atom is -0.480 e. The van der Waals surface area contributed by atoms with E-state index in [4.69, 9.17) is 16.3 Å². The fourth-order valence-electron chi connectivity index (χ4n) is 3.01. The van der Waals surface area contributed by atoms with E-state index in [2.05, 4.69) is 24.3 Å². The van der Waals surface area contributed by atoms with Gasteiger partial charge in [-0.15, -0.1) is 11.3 Å². The number of ether oxygens (including phenoxy) is 1. The zero-order valence-corrected chi connectivity index (χ0v) is 16.5. The largest absolute Gasteiger partial charge is 0.480 e. The third-order valence-electron chi connectivity index (χ3n) is 4.40. The summed E-state index contributed by atoms with van der Waals surface area (Å²) in [5.74, 6) is 0.765. The highest BCUT2D eigenvalue weighted by molar-refractivity contribution is 7.15. The molecular formula is C24H17ClO2S. The molecule has 0 aliphatic heterocycles. The summed E-state index contributed by atoms with van der Waals surface area (Å²) in [6.07, 6.45) is -0.307. The lowest BCUT2D eigenvalue weighted by molar-refractivity contribution is 0.108. The van der Waals surface area contributed by atoms with Gasteiger partial charge in [-0.2, -0.15) is 0 Å². The van der Waals surface area contributed by atoms with Gasteiger partial charge in [-0.1, -0.05) is 72.8 Å². The van der Waals surface area contributed by atoms with E-state index < -0.39 is 5.24 Å². The molecule has 0 aliphatic rings. The van der Waals surface area contributed by atoms with Gasteiger partial charge in [0.25, 0.3) is 5.24 Å². The van der Waals surface area contributed by atoms with E-state index in [1.54, 1.807) is 6.07 Å². The zero-order valence-electron chi connectivity index (χ0n) is 14.9. The van der Waals surface area contributed by atoms with Crippen molar-refractivity contribution in [3.05, 3.63) is 112 Å². The van der Waals surface area contributed by atoms with Crippen LogP contribution < -0.4 is 4.74 Å². The molecule has 2 nitrogen and oxygen atoms in total. The summed E-state index contributed by atoms with van der Waals surface area (Å²) in [4.78, 5) is 12.9. The number of carbonyl (C=O) groups excluding carboxylic acids is 1. The summed E-state index contributed by atoms with van der Waals surface area (Å²) in [6, 6.07) is 31.9. The number of benzene rings is 3. The summed E-state index contributed by atoms with van der Waals surface area (Å²) >= 11 is 6.99. The molecule has 0 fully saturated rings. The molecule has 1 heterocycles. The van der Waals surface area contributed by atoms with Crippen LogP contribution in [-0.4, -0.2) is 5.24 Å². The van der Waals surface area contributed by atoms with Gasteiger partial charge in [-0.05, 0) is 52.6 Å². The van der Waals surface area contributed by atoms with Crippen LogP contribution in [0.25, 0.3) is 11.1 Å². The van der Waals surface area contributed by atoms with Crippen molar-refractivity contribution in [2.75, 3.05) is 0 Å². The second-order valence-corrected chi connectivity index (χ2v) is 7.73. The van der Waals surface area contributed by atoms with E-state index in [0.717, 1.165) is 27.3 Å². The fourth-order valence-corrected chi connectivity index (χ4v) is 4.09. The molecule has 0 saturated heterocycles. The first kappa shape index (κ1) is 18.5. The molecular weight excluding hydrogens is 388 g/mol. The molecule has 0 radical (unpaired) electrons. The highest BCUT2D eigenvalue weighted by Gasteiger charge is 2.19. The van der Waals surface area contributed by atoms with Crippen LogP contribution in [0.3, 0.4) is 0 Å². The molecule has 0 bridgehead atoms. The molecule has 1 aromatic heterocycles. The molecule has 4 rings (SSSR count). The first-order valence-electron chi connectivity index (χ1n) is 8.87. The number of carbonyl (C=O) groups is 1. The van der Waals surface area contributed by atoms with Gasteiger partial charge < -0.3 is 4.74 Å². The van der Waals surface area contributed by atoms with Gasteiger partial charge >= 0.3 is 0 Å². The maximum Gasteiger partial charge on any atom is 0.262 e. The lowest BCUT2D eigenvalue weighted by atomic mass is 10.1. The molecule has 0 amide bonds. The number of thiophene rings is 1. The van der Waals surface area contributed by atoms with Crippen LogP contribution in [0.15, 0.2) is 97.1 Å². The maximum absolute atomic E-state index is 11.5. The SMILES string of the molecule is O=C(Cl)c1ccc(C(Oc2ccc(-c3ccccc3)cc2)c2ccccc2)s1. The van der Waals surface area contributed by atoms with Gasteiger partial charge in [0.1, 0.15) is 5.75 Å². The van der Waals surface area contributed by atoms with Crippen molar-refractivity contribution < 1.29 is 9.53 Å². The summed E-state index contributed by atoms with van der Waals surface area (Å²) in [5.41, 5.74) is 3.32. The van der Waals surface area contributed by atoms with E-state index in [9.17, 15) is 4.79 Å². The topological polar surface area (TPSA) is 26.3 Å². The lowest BCUT2D eigenvalue weighted by Crippen LogP contribution is -2.07. The number of rotatable bonds is 6. The molecule has 28 heavy (non-hydrogen) atoms. The Morgan fingerprint density at radius 2 is 1.36 bits per heavy atom. The number of hydrogen-bond acceptors (Lipinski definition) is 3. The average molecular weight is 405 g/mol. The standard InChI is InChI=1S/C24H17ClO2S/c25-24(26)22-16-15-21(28-22)23(19-9-5-2-6-10-19)27-20-13-11-18(12-14-20)17-7-3-1-4-8-17/h1-16,23H. The Morgan fingerprint density at radius 3 is 1.96 bits per heavy atom. The van der Waals surface area contributed by atoms with Crippen LogP contribution in [0.4, 0.5) is 0 Å². The van der Waals surface area contributed by atoms with Crippen molar-refractivity contribution in [2.24, 2.45) is 0 Å². The Hall–Kier alpha value is -2.88. The van der Waals surface area contributed by atoms with Gasteiger partial charge in [-0.25, -0.2) is 0 Å². The molecule has 0 saturated carbocycles. The van der Waals surface area contributed by atoms with Gasteiger partial charge in [0.05, 0.1) is 9.75 Å². The Morgan fingerprint density at radius 1 is 0.750 bits per heavy atom. The Balaban J connectivity index is 1.63. The minimum atomic E-state index is -0.449. The van der Waals surface area contributed by atoms with Crippen LogP contribution in [0.2, 0.25) is 0 Å². The van der Waals surface area contributed by atoms with Crippen LogP contribution in [0.5, 0.6) is 5.75 Å². The van der Waals surface area contributed by atoms with Gasteiger partial charge in [0, 0.05) is 0 Å². The first-order chi connectivity index (χ1) is 13.7. The molecule has 138 valence electrons. The predicted molar refractivity (Wildman–Crippen MR) is 115 cm³/mol. The zero-order chi connectivity index (χ0) is 19.3. The van der Waals surface area contributed by atoms with Crippen molar-refractivity contribution in [1.82, 2.24) is 0 Å². The van der Waals surface area contributed by atoms with Crippen LogP contribution in [0.1, 0.15) is 26.2 Å². The summed E-state index contributed by atoms with van der Waals surface area (Å²) in [7, 11) is 0. The fraction of sp³-hybridized carbons (Fsp3) is 0.0417. The number of hydrogen-bond donors (Lipinski definition) is 0. The van der Waals surface area contributed by atoms with Crippen LogP contribution >= 0.6 is 22.9 Å². The van der Waals surface area contributed by atoms with Crippen molar-refractivity contribution in [3.63, 3.8) is 0 Å². The molecule has 1 atom stereocenters. The third-order valence-corrected chi connectivity index (χ3v) is 5.84. The van der Waals surface area contributed by atoms with E-state index in [1.807, 2.05) is 66.7 Å². The number of halogens is 1. The van der Waals surface area contributed by atoms with E-state index in [-0.39, 0.29) is 6.10 Å². The lowest BCUT2D eigenvalue weighted by Gasteiger charge is -2.19. The Bertz CT molecular complexity index is 1060. The third kappa shape index (κ3) is 4.16. The van der Waals surface area contributed by atoms with Crippen molar-refractivity contribution in [3.8, 4) is 16.9 Å². The first-order valence-corrected chi connectivity index (χ1v) is 10.1. The summed E-state index contributed by atoms with van der Waals surface area (Å²) < 4.78 is 6.33. The van der Waals surface area contributed by atoms with E-state index in [0.29, 0.717) is 4.88 Å². The summed E-state index contributed by atoms with van der Waals surface area (Å²) in [5, 5.41) is -0.449. The minimum absolute atomic E-state index is 0.307. The Labute approximate surface area is 173 Å². The highest BCUT2D eigenvalue weighted by Crippen LogP contribution is 2.34. The molecule has 3 aromatic carbocycles. The smallest absolute Gasteiger partial charge is 0.262 e. The monoisotopic (exact) mass is 404 g/mol. The van der Waals surface area contributed by atoms with Crippen LogP contribution in [0, 0.1) is 0 Å². The van der Waals surface area contributed by atoms with E-state index >= 15 is 0 Å². The molecule has 4 heteroatoms. The van der Waals surface area contributed by atoms with Gasteiger partial charge in [0.2, 0.25) is 0 Å². The maximum atomic E-state index is 11.5. The van der Waals surface area contributed by atoms with Crippen LogP contribution in [-0.2, 0) is 0 Å². The molecule has 0 aliphatic carbocycles. The second-order valence-electron chi connectivity index (χ2n) is 6.27. The van der Waals surface area contributed by atoms with Gasteiger partial charge in [0.15, 0.2) is 6.10 Å². The van der Waals surface area contributed by atoms with E-state index in [1.165, 1.54) is 11.3 Å². The van der Waals surface area contributed by atoms with Crippen molar-refractivity contribution >= 4 is 28.2 Å². The average Bonchev–Trinajstić information content (AvgIpc) is 3.24. The quantitative estimate of drug-likeness (QED) is 0.324. The molecule has 1 unspecified atom stereocenters. The summed E-state index contributed by atoms with van der Waals surface area (Å²) in [6.45, 7) is 0. The van der Waals surface area contributed by atoms with Gasteiger partial charge in [-0.3, -0.25) is 4.79 Å². The predicted octanol–water partition coefficient (Wildman–Crippen LogP) is 6.96. The second kappa shape index (κ2) is 8.42. The molecule has 0 N–H and O–H groups in total.